The van der Waals surface area contributed by atoms with E-state index in [1.165, 1.54) is 78.4 Å². The van der Waals surface area contributed by atoms with Crippen LogP contribution in [0, 0.1) is 0 Å². The predicted octanol–water partition coefficient (Wildman–Crippen LogP) is 13.8. The maximum Gasteiger partial charge on any atom is 0.124 e. The number of nitrogens with zero attached hydrogens (tertiary/aromatic N) is 2. The van der Waals surface area contributed by atoms with Gasteiger partial charge < -0.3 is 4.90 Å². The first-order chi connectivity index (χ1) is 23.8. The molecule has 3 aromatic heterocycles. The van der Waals surface area contributed by atoms with Gasteiger partial charge in [0.15, 0.2) is 0 Å². The number of thiazole rings is 1. The molecule has 11 rings (SSSR count). The lowest BCUT2D eigenvalue weighted by Crippen LogP contribution is -2.10. The van der Waals surface area contributed by atoms with E-state index >= 15 is 0 Å². The molecule has 5 heteroatoms. The number of aromatic nitrogens is 1. The van der Waals surface area contributed by atoms with Crippen molar-refractivity contribution in [2.75, 3.05) is 4.90 Å². The van der Waals surface area contributed by atoms with Gasteiger partial charge in [0.2, 0.25) is 0 Å². The molecule has 0 radical (unpaired) electrons. The minimum atomic E-state index is 1.07. The van der Waals surface area contributed by atoms with E-state index in [0.29, 0.717) is 0 Å². The molecule has 0 N–H and O–H groups in total. The molecule has 1 aliphatic rings. The molecule has 48 heavy (non-hydrogen) atoms. The normalized spacial score (nSPS) is 12.2. The van der Waals surface area contributed by atoms with Gasteiger partial charge in [-0.15, -0.1) is 34.0 Å². The summed E-state index contributed by atoms with van der Waals surface area (Å²) < 4.78 is 5.26. The fourth-order valence-electron chi connectivity index (χ4n) is 7.50. The lowest BCUT2D eigenvalue weighted by molar-refractivity contribution is 1.31. The van der Waals surface area contributed by atoms with Gasteiger partial charge in [-0.1, -0.05) is 91.0 Å². The molecule has 1 aliphatic carbocycles. The molecule has 10 aromatic rings. The predicted molar refractivity (Wildman–Crippen MR) is 210 cm³/mol. The molecule has 0 fully saturated rings. The summed E-state index contributed by atoms with van der Waals surface area (Å²) >= 11 is 5.52. The van der Waals surface area contributed by atoms with Crippen molar-refractivity contribution < 1.29 is 0 Å². The zero-order chi connectivity index (χ0) is 31.3. The van der Waals surface area contributed by atoms with E-state index in [4.69, 9.17) is 4.98 Å². The standard InChI is InChI=1S/C43H24N2S3/c1-2-9-25(10-3-1)43-44-41-31-14-8-13-30-35(20-19-32(40(30)31)42(41)48-43)45(26-17-21-38-33(23-26)28-11-4-6-15-36(28)46-38)27-18-22-39-34(24-27)29-12-5-7-16-37(29)47-39/h1-24H. The van der Waals surface area contributed by atoms with Gasteiger partial charge in [0.05, 0.1) is 16.3 Å². The van der Waals surface area contributed by atoms with Gasteiger partial charge in [0.1, 0.15) is 5.01 Å². The summed E-state index contributed by atoms with van der Waals surface area (Å²) in [7, 11) is 0. The van der Waals surface area contributed by atoms with E-state index in [1.54, 1.807) is 11.3 Å². The average molecular weight is 665 g/mol. The lowest BCUT2D eigenvalue weighted by Gasteiger charge is -2.27. The fourth-order valence-corrected chi connectivity index (χ4v) is 10.8. The largest absolute Gasteiger partial charge is 0.310 e. The molecule has 0 atom stereocenters. The average Bonchev–Trinajstić information content (AvgIpc) is 3.90. The maximum absolute atomic E-state index is 5.21. The SMILES string of the molecule is c1ccc(-c2nc3c(s2)-c2ccc(N(c4ccc5sc6ccccc6c5c4)c4ccc5sc6ccccc6c5c4)c4cccc-3c24)cc1. The number of rotatable bonds is 4. The highest BCUT2D eigenvalue weighted by atomic mass is 32.1. The second kappa shape index (κ2) is 10.1. The molecule has 0 saturated carbocycles. The first kappa shape index (κ1) is 26.7. The van der Waals surface area contributed by atoms with Crippen LogP contribution in [0.5, 0.6) is 0 Å². The summed E-state index contributed by atoms with van der Waals surface area (Å²) in [4.78, 5) is 8.94. The van der Waals surface area contributed by atoms with E-state index in [-0.39, 0.29) is 0 Å². The van der Waals surface area contributed by atoms with Crippen LogP contribution < -0.4 is 4.90 Å². The molecule has 7 aromatic carbocycles. The highest BCUT2D eigenvalue weighted by Crippen LogP contribution is 2.54. The summed E-state index contributed by atoms with van der Waals surface area (Å²) in [6.07, 6.45) is 0. The monoisotopic (exact) mass is 664 g/mol. The second-order valence-electron chi connectivity index (χ2n) is 12.3. The Hall–Kier alpha value is -5.33. The Kier molecular flexibility index (Phi) is 5.61. The zero-order valence-corrected chi connectivity index (χ0v) is 27.9. The first-order valence-electron chi connectivity index (χ1n) is 16.0. The summed E-state index contributed by atoms with van der Waals surface area (Å²) in [5, 5.41) is 8.81. The minimum absolute atomic E-state index is 1.07. The lowest BCUT2D eigenvalue weighted by atomic mass is 10.0. The van der Waals surface area contributed by atoms with Crippen molar-refractivity contribution in [2.45, 2.75) is 0 Å². The number of fused-ring (bicyclic) bond motifs is 9. The molecule has 0 amide bonds. The van der Waals surface area contributed by atoms with Crippen molar-refractivity contribution in [2.24, 2.45) is 0 Å². The fraction of sp³-hybridized carbons (Fsp3) is 0. The van der Waals surface area contributed by atoms with Crippen molar-refractivity contribution >= 4 is 102 Å². The number of anilines is 3. The third-order valence-corrected chi connectivity index (χ3v) is 13.1. The molecule has 0 bridgehead atoms. The maximum atomic E-state index is 5.21. The molecule has 0 unspecified atom stereocenters. The molecular weight excluding hydrogens is 641 g/mol. The van der Waals surface area contributed by atoms with E-state index in [1.807, 2.05) is 22.7 Å². The number of hydrogen-bond acceptors (Lipinski definition) is 5. The van der Waals surface area contributed by atoms with Gasteiger partial charge in [-0.05, 0) is 54.6 Å². The number of benzene rings is 7. The molecule has 224 valence electrons. The Labute approximate surface area is 288 Å². The van der Waals surface area contributed by atoms with Gasteiger partial charge in [-0.2, -0.15) is 0 Å². The molecular formula is C43H24N2S3. The van der Waals surface area contributed by atoms with Gasteiger partial charge in [-0.25, -0.2) is 4.98 Å². The van der Waals surface area contributed by atoms with Crippen LogP contribution in [-0.2, 0) is 0 Å². The molecule has 0 saturated heterocycles. The van der Waals surface area contributed by atoms with E-state index < -0.39 is 0 Å². The van der Waals surface area contributed by atoms with Crippen LogP contribution in [-0.4, -0.2) is 4.98 Å². The number of hydrogen-bond donors (Lipinski definition) is 0. The molecule has 0 spiro atoms. The third-order valence-electron chi connectivity index (χ3n) is 9.64. The minimum Gasteiger partial charge on any atom is -0.310 e. The van der Waals surface area contributed by atoms with Crippen LogP contribution in [0.1, 0.15) is 0 Å². The van der Waals surface area contributed by atoms with E-state index in [9.17, 15) is 0 Å². The van der Waals surface area contributed by atoms with Crippen molar-refractivity contribution in [1.82, 2.24) is 4.98 Å². The van der Waals surface area contributed by atoms with Crippen LogP contribution in [0.2, 0.25) is 0 Å². The van der Waals surface area contributed by atoms with Gasteiger partial charge >= 0.3 is 0 Å². The van der Waals surface area contributed by atoms with Crippen LogP contribution in [0.3, 0.4) is 0 Å². The van der Waals surface area contributed by atoms with Gasteiger partial charge in [-0.3, -0.25) is 0 Å². The Morgan fingerprint density at radius 2 is 1.04 bits per heavy atom. The first-order valence-corrected chi connectivity index (χ1v) is 18.5. The van der Waals surface area contributed by atoms with Crippen LogP contribution in [0.25, 0.3) is 83.4 Å². The Balaban J connectivity index is 1.16. The summed E-state index contributed by atoms with van der Waals surface area (Å²) in [6, 6.07) is 53.4. The molecule has 3 heterocycles. The second-order valence-corrected chi connectivity index (χ2v) is 15.5. The van der Waals surface area contributed by atoms with Crippen LogP contribution >= 0.6 is 34.0 Å². The Morgan fingerprint density at radius 1 is 0.438 bits per heavy atom. The van der Waals surface area contributed by atoms with Crippen molar-refractivity contribution in [3.05, 3.63) is 146 Å². The van der Waals surface area contributed by atoms with Crippen molar-refractivity contribution in [3.8, 4) is 32.3 Å². The third kappa shape index (κ3) is 3.81. The molecule has 0 aliphatic heterocycles. The Bertz CT molecular complexity index is 2770. The van der Waals surface area contributed by atoms with Crippen molar-refractivity contribution in [1.29, 1.82) is 0 Å². The van der Waals surface area contributed by atoms with Crippen LogP contribution in [0.15, 0.2) is 146 Å². The van der Waals surface area contributed by atoms with Gasteiger partial charge in [0, 0.05) is 79.2 Å². The molecule has 2 nitrogen and oxygen atoms in total. The highest BCUT2D eigenvalue weighted by Gasteiger charge is 2.29. The summed E-state index contributed by atoms with van der Waals surface area (Å²) in [5.74, 6) is 0. The quantitative estimate of drug-likeness (QED) is 0.186. The smallest absolute Gasteiger partial charge is 0.124 e. The van der Waals surface area contributed by atoms with Crippen LogP contribution in [0.4, 0.5) is 17.1 Å². The van der Waals surface area contributed by atoms with E-state index in [2.05, 4.69) is 150 Å². The topological polar surface area (TPSA) is 16.1 Å². The van der Waals surface area contributed by atoms with E-state index in [0.717, 1.165) is 22.1 Å². The number of thiophene rings is 2. The van der Waals surface area contributed by atoms with Gasteiger partial charge in [0.25, 0.3) is 0 Å². The zero-order valence-electron chi connectivity index (χ0n) is 25.5. The Morgan fingerprint density at radius 3 is 1.73 bits per heavy atom. The highest BCUT2D eigenvalue weighted by molar-refractivity contribution is 7.26. The summed E-state index contributed by atoms with van der Waals surface area (Å²) in [6.45, 7) is 0. The van der Waals surface area contributed by atoms with Crippen molar-refractivity contribution in [3.63, 3.8) is 0 Å². The summed E-state index contributed by atoms with van der Waals surface area (Å²) in [5.41, 5.74) is 8.24.